The standard InChI is InChI=1S/C25H46N2O6SSi/c1-11-19(26-23(28)33-24(2,3)4)15-16-20-21(27-34(8,29)30)13-12-14-22(20)31-17-18-32-35(9,10)25(5,6)7/h12-14,19,27H,11,15-18H2,1-10H3,(H,26,28)/t19-/m1/s1. The zero-order valence-electron chi connectivity index (χ0n) is 23.2. The predicted molar refractivity (Wildman–Crippen MR) is 145 cm³/mol. The third-order valence-electron chi connectivity index (χ3n) is 5.99. The highest BCUT2D eigenvalue weighted by Gasteiger charge is 2.37. The molecule has 0 saturated heterocycles. The first kappa shape index (κ1) is 31.2. The quantitative estimate of drug-likeness (QED) is 0.266. The number of benzene rings is 1. The van der Waals surface area contributed by atoms with Crippen LogP contribution in [0.3, 0.4) is 0 Å². The van der Waals surface area contributed by atoms with Crippen LogP contribution >= 0.6 is 0 Å². The van der Waals surface area contributed by atoms with Crippen LogP contribution in [0.4, 0.5) is 10.5 Å². The van der Waals surface area contributed by atoms with Crippen molar-refractivity contribution in [2.75, 3.05) is 24.2 Å². The number of alkyl carbamates (subject to hydrolysis) is 1. The maximum Gasteiger partial charge on any atom is 0.407 e. The summed E-state index contributed by atoms with van der Waals surface area (Å²) in [5.74, 6) is 0.601. The molecule has 1 aromatic carbocycles. The van der Waals surface area contributed by atoms with Crippen LogP contribution in [0.15, 0.2) is 18.2 Å². The Morgan fingerprint density at radius 3 is 2.23 bits per heavy atom. The summed E-state index contributed by atoms with van der Waals surface area (Å²) in [6.45, 7) is 19.2. The molecule has 0 saturated carbocycles. The summed E-state index contributed by atoms with van der Waals surface area (Å²) in [4.78, 5) is 12.2. The van der Waals surface area contributed by atoms with Crippen LogP contribution in [0, 0.1) is 0 Å². The van der Waals surface area contributed by atoms with Crippen LogP contribution in [0.2, 0.25) is 18.1 Å². The van der Waals surface area contributed by atoms with E-state index in [1.54, 1.807) is 12.1 Å². The van der Waals surface area contributed by atoms with Crippen molar-refractivity contribution in [2.45, 2.75) is 97.5 Å². The fourth-order valence-electron chi connectivity index (χ4n) is 3.09. The summed E-state index contributed by atoms with van der Waals surface area (Å²) >= 11 is 0. The topological polar surface area (TPSA) is 103 Å². The minimum Gasteiger partial charge on any atom is -0.491 e. The first-order chi connectivity index (χ1) is 15.8. The van der Waals surface area contributed by atoms with Crippen molar-refractivity contribution in [2.24, 2.45) is 0 Å². The van der Waals surface area contributed by atoms with Gasteiger partial charge in [0.05, 0.1) is 18.6 Å². The molecule has 1 aromatic rings. The van der Waals surface area contributed by atoms with Gasteiger partial charge in [-0.05, 0) is 70.3 Å². The summed E-state index contributed by atoms with van der Waals surface area (Å²) in [5.41, 5.74) is 0.638. The number of carbonyl (C=O) groups excluding carboxylic acids is 1. The third kappa shape index (κ3) is 11.7. The molecule has 0 aliphatic rings. The van der Waals surface area contributed by atoms with E-state index < -0.39 is 30.0 Å². The Morgan fingerprint density at radius 2 is 1.71 bits per heavy atom. The van der Waals surface area contributed by atoms with E-state index in [0.717, 1.165) is 11.8 Å². The largest absolute Gasteiger partial charge is 0.491 e. The van der Waals surface area contributed by atoms with E-state index >= 15 is 0 Å². The van der Waals surface area contributed by atoms with Crippen molar-refractivity contribution in [3.63, 3.8) is 0 Å². The van der Waals surface area contributed by atoms with Crippen molar-refractivity contribution in [3.8, 4) is 5.75 Å². The number of nitrogens with one attached hydrogen (secondary N) is 2. The zero-order valence-corrected chi connectivity index (χ0v) is 25.0. The number of carbonyl (C=O) groups is 1. The number of hydrogen-bond acceptors (Lipinski definition) is 6. The average molecular weight is 531 g/mol. The number of amides is 1. The lowest BCUT2D eigenvalue weighted by Crippen LogP contribution is -2.41. The lowest BCUT2D eigenvalue weighted by Gasteiger charge is -2.36. The van der Waals surface area contributed by atoms with E-state index in [0.29, 0.717) is 43.9 Å². The van der Waals surface area contributed by atoms with Crippen molar-refractivity contribution in [1.29, 1.82) is 0 Å². The van der Waals surface area contributed by atoms with Gasteiger partial charge in [-0.2, -0.15) is 0 Å². The van der Waals surface area contributed by atoms with Crippen LogP contribution in [0.5, 0.6) is 5.75 Å². The zero-order chi connectivity index (χ0) is 27.1. The molecule has 1 amide bonds. The summed E-state index contributed by atoms with van der Waals surface area (Å²) in [6.07, 6.45) is 2.46. The fourth-order valence-corrected chi connectivity index (χ4v) is 4.71. The predicted octanol–water partition coefficient (Wildman–Crippen LogP) is 5.69. The van der Waals surface area contributed by atoms with E-state index in [1.807, 2.05) is 33.8 Å². The SMILES string of the molecule is CC[C@H](CCc1c(NS(C)(=O)=O)cccc1OCCO[Si](C)(C)C(C)(C)C)NC(=O)OC(C)(C)C. The smallest absolute Gasteiger partial charge is 0.407 e. The van der Waals surface area contributed by atoms with E-state index in [4.69, 9.17) is 13.9 Å². The van der Waals surface area contributed by atoms with E-state index in [2.05, 4.69) is 43.9 Å². The van der Waals surface area contributed by atoms with Gasteiger partial charge >= 0.3 is 6.09 Å². The third-order valence-corrected chi connectivity index (χ3v) is 11.1. The number of hydrogen-bond donors (Lipinski definition) is 2. The number of ether oxygens (including phenoxy) is 2. The second-order valence-corrected chi connectivity index (χ2v) is 18.0. The highest BCUT2D eigenvalue weighted by molar-refractivity contribution is 7.92. The van der Waals surface area contributed by atoms with Crippen molar-refractivity contribution in [3.05, 3.63) is 23.8 Å². The van der Waals surface area contributed by atoms with Gasteiger partial charge in [-0.1, -0.05) is 33.8 Å². The number of sulfonamides is 1. The molecule has 1 atom stereocenters. The number of anilines is 1. The molecule has 10 heteroatoms. The van der Waals surface area contributed by atoms with Gasteiger partial charge in [0.2, 0.25) is 10.0 Å². The Bertz CT molecular complexity index is 936. The van der Waals surface area contributed by atoms with E-state index in [9.17, 15) is 13.2 Å². The highest BCUT2D eigenvalue weighted by atomic mass is 32.2. The first-order valence-electron chi connectivity index (χ1n) is 12.2. The van der Waals surface area contributed by atoms with Gasteiger partial charge < -0.3 is 19.2 Å². The van der Waals surface area contributed by atoms with Crippen LogP contribution in [-0.4, -0.2) is 53.9 Å². The van der Waals surface area contributed by atoms with Gasteiger partial charge in [-0.25, -0.2) is 13.2 Å². The van der Waals surface area contributed by atoms with Gasteiger partial charge in [0.15, 0.2) is 8.32 Å². The van der Waals surface area contributed by atoms with Crippen molar-refractivity contribution >= 4 is 30.1 Å². The molecule has 0 fully saturated rings. The molecule has 1 rings (SSSR count). The lowest BCUT2D eigenvalue weighted by atomic mass is 10.0. The summed E-state index contributed by atoms with van der Waals surface area (Å²) in [6, 6.07) is 5.18. The second kappa shape index (κ2) is 12.4. The molecule has 0 aromatic heterocycles. The second-order valence-electron chi connectivity index (χ2n) is 11.4. The maximum atomic E-state index is 12.2. The summed E-state index contributed by atoms with van der Waals surface area (Å²) in [5, 5.41) is 3.01. The highest BCUT2D eigenvalue weighted by Crippen LogP contribution is 2.36. The number of rotatable bonds is 12. The van der Waals surface area contributed by atoms with Crippen molar-refractivity contribution in [1.82, 2.24) is 5.32 Å². The van der Waals surface area contributed by atoms with Gasteiger partial charge in [0, 0.05) is 11.6 Å². The normalized spacial score (nSPS) is 13.8. The van der Waals surface area contributed by atoms with Gasteiger partial charge in [0.1, 0.15) is 18.0 Å². The van der Waals surface area contributed by atoms with Crippen LogP contribution < -0.4 is 14.8 Å². The first-order valence-corrected chi connectivity index (χ1v) is 17.0. The minimum absolute atomic E-state index is 0.105. The molecule has 0 aliphatic carbocycles. The molecule has 0 radical (unpaired) electrons. The maximum absolute atomic E-state index is 12.2. The van der Waals surface area contributed by atoms with Crippen LogP contribution in [0.25, 0.3) is 0 Å². The Labute approximate surface area is 213 Å². The fraction of sp³-hybridized carbons (Fsp3) is 0.720. The Hall–Kier alpha value is -1.78. The Balaban J connectivity index is 2.98. The summed E-state index contributed by atoms with van der Waals surface area (Å²) < 4.78 is 44.2. The molecule has 0 aliphatic heterocycles. The monoisotopic (exact) mass is 530 g/mol. The molecule has 35 heavy (non-hydrogen) atoms. The molecule has 0 heterocycles. The molecule has 2 N–H and O–H groups in total. The molecule has 202 valence electrons. The molecule has 0 spiro atoms. The Morgan fingerprint density at radius 1 is 1.09 bits per heavy atom. The van der Waals surface area contributed by atoms with Gasteiger partial charge in [-0.15, -0.1) is 0 Å². The lowest BCUT2D eigenvalue weighted by molar-refractivity contribution is 0.0500. The van der Waals surface area contributed by atoms with Gasteiger partial charge in [-0.3, -0.25) is 4.72 Å². The van der Waals surface area contributed by atoms with E-state index in [1.165, 1.54) is 0 Å². The average Bonchev–Trinajstić information content (AvgIpc) is 2.66. The van der Waals surface area contributed by atoms with Gasteiger partial charge in [0.25, 0.3) is 0 Å². The van der Waals surface area contributed by atoms with E-state index in [-0.39, 0.29) is 11.1 Å². The molecule has 0 unspecified atom stereocenters. The summed E-state index contributed by atoms with van der Waals surface area (Å²) in [7, 11) is -5.37. The minimum atomic E-state index is -3.48. The molecule has 0 bridgehead atoms. The van der Waals surface area contributed by atoms with Crippen LogP contribution in [-0.2, 0) is 25.6 Å². The van der Waals surface area contributed by atoms with Crippen LogP contribution in [0.1, 0.15) is 66.9 Å². The molecule has 8 nitrogen and oxygen atoms in total. The molecular weight excluding hydrogens is 484 g/mol. The Kier molecular flexibility index (Phi) is 11.1. The molecular formula is C25H46N2O6SSi. The van der Waals surface area contributed by atoms with Crippen molar-refractivity contribution < 1.29 is 27.1 Å².